The lowest BCUT2D eigenvalue weighted by molar-refractivity contribution is -0.130. The van der Waals surface area contributed by atoms with Crippen molar-refractivity contribution in [1.29, 1.82) is 0 Å². The topological polar surface area (TPSA) is 66.8 Å². The maximum absolute atomic E-state index is 12.1. The van der Waals surface area contributed by atoms with E-state index in [1.54, 1.807) is 22.0 Å². The molecule has 0 aliphatic heterocycles. The number of aromatic amines is 1. The molecule has 0 unspecified atom stereocenters. The Bertz CT molecular complexity index is 557. The molecule has 19 heavy (non-hydrogen) atoms. The van der Waals surface area contributed by atoms with Gasteiger partial charge in [0.2, 0.25) is 5.91 Å². The molecule has 0 saturated carbocycles. The maximum atomic E-state index is 12.1. The number of H-pyrrole nitrogens is 1. The van der Waals surface area contributed by atoms with E-state index in [4.69, 9.17) is 0 Å². The van der Waals surface area contributed by atoms with E-state index < -0.39 is 0 Å². The van der Waals surface area contributed by atoms with Crippen LogP contribution < -0.4 is 0 Å². The van der Waals surface area contributed by atoms with Crippen molar-refractivity contribution in [2.24, 2.45) is 7.05 Å². The molecular formula is C13H19N5O. The Labute approximate surface area is 112 Å². The molecule has 6 heteroatoms. The molecule has 2 heterocycles. The monoisotopic (exact) mass is 261 g/mol. The lowest BCUT2D eigenvalue weighted by Crippen LogP contribution is -2.26. The quantitative estimate of drug-likeness (QED) is 0.874. The summed E-state index contributed by atoms with van der Waals surface area (Å²) in [5, 5.41) is 10.9. The summed E-state index contributed by atoms with van der Waals surface area (Å²) in [4.78, 5) is 13.8. The van der Waals surface area contributed by atoms with Crippen LogP contribution >= 0.6 is 0 Å². The van der Waals surface area contributed by atoms with E-state index >= 15 is 0 Å². The maximum Gasteiger partial charge on any atom is 0.223 e. The molecule has 102 valence electrons. The average Bonchev–Trinajstić information content (AvgIpc) is 2.96. The van der Waals surface area contributed by atoms with Crippen molar-refractivity contribution in [2.75, 3.05) is 7.05 Å². The highest BCUT2D eigenvalue weighted by molar-refractivity contribution is 5.76. The fourth-order valence-electron chi connectivity index (χ4n) is 1.95. The Kier molecular flexibility index (Phi) is 3.99. The highest BCUT2D eigenvalue weighted by Crippen LogP contribution is 2.08. The summed E-state index contributed by atoms with van der Waals surface area (Å²) < 4.78 is 1.80. The first-order chi connectivity index (χ1) is 9.08. The first-order valence-electron chi connectivity index (χ1n) is 6.27. The highest BCUT2D eigenvalue weighted by atomic mass is 16.2. The standard InChI is InChI=1S/C13H19N5O/c1-10-11(8-14-16-10)9-17(2)13(19)5-4-12-6-7-15-18(12)3/h6-8H,4-5,9H2,1-3H3,(H,14,16). The first kappa shape index (κ1) is 13.3. The minimum Gasteiger partial charge on any atom is -0.341 e. The molecule has 2 aromatic rings. The Morgan fingerprint density at radius 1 is 1.53 bits per heavy atom. The second-order valence-electron chi connectivity index (χ2n) is 4.72. The van der Waals surface area contributed by atoms with Crippen LogP contribution in [-0.2, 0) is 24.8 Å². The van der Waals surface area contributed by atoms with E-state index in [1.165, 1.54) is 0 Å². The second kappa shape index (κ2) is 5.69. The summed E-state index contributed by atoms with van der Waals surface area (Å²) in [5.74, 6) is 0.127. The number of hydrogen-bond donors (Lipinski definition) is 1. The minimum atomic E-state index is 0.127. The van der Waals surface area contributed by atoms with Crippen molar-refractivity contribution in [1.82, 2.24) is 24.9 Å². The molecule has 0 bridgehead atoms. The number of amides is 1. The molecule has 0 radical (unpaired) electrons. The van der Waals surface area contributed by atoms with Gasteiger partial charge in [-0.15, -0.1) is 0 Å². The lowest BCUT2D eigenvalue weighted by Gasteiger charge is -2.16. The molecule has 1 amide bonds. The molecule has 0 aliphatic rings. The van der Waals surface area contributed by atoms with Gasteiger partial charge in [0.25, 0.3) is 0 Å². The first-order valence-corrected chi connectivity index (χ1v) is 6.27. The van der Waals surface area contributed by atoms with E-state index in [-0.39, 0.29) is 5.91 Å². The minimum absolute atomic E-state index is 0.127. The summed E-state index contributed by atoms with van der Waals surface area (Å²) in [7, 11) is 3.70. The molecule has 0 atom stereocenters. The van der Waals surface area contributed by atoms with Gasteiger partial charge in [0.1, 0.15) is 0 Å². The molecule has 0 aromatic carbocycles. The SMILES string of the molecule is Cc1[nH]ncc1CN(C)C(=O)CCc1ccnn1C. The summed E-state index contributed by atoms with van der Waals surface area (Å²) in [6, 6.07) is 1.94. The summed E-state index contributed by atoms with van der Waals surface area (Å²) in [6.07, 6.45) is 4.72. The van der Waals surface area contributed by atoms with Gasteiger partial charge < -0.3 is 4.90 Å². The van der Waals surface area contributed by atoms with Crippen LogP contribution in [0.2, 0.25) is 0 Å². The van der Waals surface area contributed by atoms with Gasteiger partial charge in [-0.25, -0.2) is 0 Å². The number of rotatable bonds is 5. The second-order valence-corrected chi connectivity index (χ2v) is 4.72. The van der Waals surface area contributed by atoms with Gasteiger partial charge in [-0.3, -0.25) is 14.6 Å². The molecule has 0 aliphatic carbocycles. The van der Waals surface area contributed by atoms with Crippen molar-refractivity contribution >= 4 is 5.91 Å². The molecular weight excluding hydrogens is 242 g/mol. The predicted octanol–water partition coefficient (Wildman–Crippen LogP) is 1.04. The van der Waals surface area contributed by atoms with E-state index in [1.807, 2.05) is 27.1 Å². The fraction of sp³-hybridized carbons (Fsp3) is 0.462. The van der Waals surface area contributed by atoms with Gasteiger partial charge in [-0.2, -0.15) is 10.2 Å². The van der Waals surface area contributed by atoms with Gasteiger partial charge in [0, 0.05) is 50.2 Å². The zero-order valence-corrected chi connectivity index (χ0v) is 11.6. The van der Waals surface area contributed by atoms with Crippen molar-refractivity contribution in [3.63, 3.8) is 0 Å². The number of hydrogen-bond acceptors (Lipinski definition) is 3. The Hall–Kier alpha value is -2.11. The van der Waals surface area contributed by atoms with Crippen molar-refractivity contribution < 1.29 is 4.79 Å². The third kappa shape index (κ3) is 3.21. The molecule has 0 spiro atoms. The van der Waals surface area contributed by atoms with Crippen molar-refractivity contribution in [3.8, 4) is 0 Å². The van der Waals surface area contributed by atoms with Crippen LogP contribution in [0.3, 0.4) is 0 Å². The highest BCUT2D eigenvalue weighted by Gasteiger charge is 2.12. The Balaban J connectivity index is 1.86. The number of aromatic nitrogens is 4. The number of carbonyl (C=O) groups is 1. The zero-order valence-electron chi connectivity index (χ0n) is 11.6. The summed E-state index contributed by atoms with van der Waals surface area (Å²) in [6.45, 7) is 2.54. The van der Waals surface area contributed by atoms with E-state index in [2.05, 4.69) is 15.3 Å². The largest absolute Gasteiger partial charge is 0.341 e. The Morgan fingerprint density at radius 3 is 2.89 bits per heavy atom. The van der Waals surface area contributed by atoms with Gasteiger partial charge in [-0.1, -0.05) is 0 Å². The molecule has 2 aromatic heterocycles. The van der Waals surface area contributed by atoms with Crippen LogP contribution in [0.25, 0.3) is 0 Å². The molecule has 1 N–H and O–H groups in total. The van der Waals surface area contributed by atoms with Crippen LogP contribution in [0.5, 0.6) is 0 Å². The van der Waals surface area contributed by atoms with Crippen LogP contribution in [-0.4, -0.2) is 37.8 Å². The summed E-state index contributed by atoms with van der Waals surface area (Å²) >= 11 is 0. The van der Waals surface area contributed by atoms with Crippen LogP contribution in [0, 0.1) is 6.92 Å². The van der Waals surface area contributed by atoms with Gasteiger partial charge in [-0.05, 0) is 19.4 Å². The zero-order chi connectivity index (χ0) is 13.8. The number of nitrogens with one attached hydrogen (secondary N) is 1. The average molecular weight is 261 g/mol. The molecule has 2 rings (SSSR count). The lowest BCUT2D eigenvalue weighted by atomic mass is 10.2. The van der Waals surface area contributed by atoms with Gasteiger partial charge in [0.15, 0.2) is 0 Å². The third-order valence-corrected chi connectivity index (χ3v) is 3.29. The van der Waals surface area contributed by atoms with Crippen LogP contribution in [0.1, 0.15) is 23.4 Å². The van der Waals surface area contributed by atoms with Crippen molar-refractivity contribution in [2.45, 2.75) is 26.3 Å². The molecule has 0 fully saturated rings. The normalized spacial score (nSPS) is 10.7. The van der Waals surface area contributed by atoms with Crippen molar-refractivity contribution in [3.05, 3.63) is 35.4 Å². The van der Waals surface area contributed by atoms with Gasteiger partial charge >= 0.3 is 0 Å². The third-order valence-electron chi connectivity index (χ3n) is 3.29. The van der Waals surface area contributed by atoms with Gasteiger partial charge in [0.05, 0.1) is 6.20 Å². The summed E-state index contributed by atoms with van der Waals surface area (Å²) in [5.41, 5.74) is 3.13. The van der Waals surface area contributed by atoms with E-state index in [0.29, 0.717) is 19.4 Å². The molecule has 0 saturated heterocycles. The molecule has 6 nitrogen and oxygen atoms in total. The predicted molar refractivity (Wildman–Crippen MR) is 71.3 cm³/mol. The van der Waals surface area contributed by atoms with E-state index in [9.17, 15) is 4.79 Å². The number of nitrogens with zero attached hydrogens (tertiary/aromatic N) is 4. The Morgan fingerprint density at radius 2 is 2.32 bits per heavy atom. The van der Waals surface area contributed by atoms with E-state index in [0.717, 1.165) is 17.0 Å². The number of aryl methyl sites for hydroxylation is 3. The van der Waals surface area contributed by atoms with Crippen LogP contribution in [0.4, 0.5) is 0 Å². The smallest absolute Gasteiger partial charge is 0.223 e. The van der Waals surface area contributed by atoms with Crippen LogP contribution in [0.15, 0.2) is 18.5 Å². The fourth-order valence-corrected chi connectivity index (χ4v) is 1.95. The number of carbonyl (C=O) groups excluding carboxylic acids is 1.